The van der Waals surface area contributed by atoms with Crippen LogP contribution in [0.2, 0.25) is 0 Å². The van der Waals surface area contributed by atoms with Crippen LogP contribution in [0.5, 0.6) is 5.88 Å². The quantitative estimate of drug-likeness (QED) is 0.422. The van der Waals surface area contributed by atoms with Crippen LogP contribution in [-0.2, 0) is 13.0 Å². The van der Waals surface area contributed by atoms with Gasteiger partial charge in [-0.1, -0.05) is 17.3 Å². The van der Waals surface area contributed by atoms with Crippen molar-refractivity contribution in [2.45, 2.75) is 13.0 Å². The number of hydrogen-bond donors (Lipinski definition) is 2. The highest BCUT2D eigenvalue weighted by molar-refractivity contribution is 5.94. The Morgan fingerprint density at radius 2 is 1.91 bits per heavy atom. The molecule has 6 rings (SSSR count). The molecule has 3 aromatic heterocycles. The summed E-state index contributed by atoms with van der Waals surface area (Å²) in [5.41, 5.74) is 8.19. The van der Waals surface area contributed by atoms with Crippen LogP contribution < -0.4 is 10.1 Å². The molecule has 0 radical (unpaired) electrons. The molecule has 0 unspecified atom stereocenters. The first kappa shape index (κ1) is 21.1. The fraction of sp³-hybridized carbons (Fsp3) is 0.167. The molecule has 0 bridgehead atoms. The molecule has 9 heteroatoms. The summed E-state index contributed by atoms with van der Waals surface area (Å²) in [5, 5.41) is 20.8. The number of methoxy groups -OCH3 is 1. The van der Waals surface area contributed by atoms with Gasteiger partial charge in [0.2, 0.25) is 5.88 Å². The lowest BCUT2D eigenvalue weighted by Gasteiger charge is -2.17. The van der Waals surface area contributed by atoms with E-state index in [0.717, 1.165) is 58.6 Å². The van der Waals surface area contributed by atoms with Gasteiger partial charge in [0.15, 0.2) is 0 Å². The maximum absolute atomic E-state index is 5.16. The third-order valence-corrected chi connectivity index (χ3v) is 5.92. The summed E-state index contributed by atoms with van der Waals surface area (Å²) in [6, 6.07) is 16.5. The first-order valence-corrected chi connectivity index (χ1v) is 10.5. The lowest BCUT2D eigenvalue weighted by atomic mass is 10.0. The Bertz CT molecular complexity index is 1420. The predicted octanol–water partition coefficient (Wildman–Crippen LogP) is 3.95. The number of benzene rings is 2. The third kappa shape index (κ3) is 3.83. The fourth-order valence-electron chi connectivity index (χ4n) is 4.17. The van der Waals surface area contributed by atoms with Gasteiger partial charge in [-0.2, -0.15) is 5.10 Å². The normalized spacial score (nSPS) is 12.9. The van der Waals surface area contributed by atoms with Crippen molar-refractivity contribution in [2.24, 2.45) is 0 Å². The van der Waals surface area contributed by atoms with Gasteiger partial charge in [0.25, 0.3) is 0 Å². The number of halogens is 1. The van der Waals surface area contributed by atoms with Crippen LogP contribution in [0.3, 0.4) is 0 Å². The van der Waals surface area contributed by atoms with Crippen LogP contribution >= 0.6 is 12.4 Å². The standard InChI is InChI=1S/C24H21N7O.ClH/c1-32-23-7-4-17(13-26-23)16-3-6-21-20(11-16)24(29-27-21)22-14-31(30-28-22)19-5-2-15-8-9-25-12-18(15)10-19;/h2-7,10-11,13-14,25H,8-9,12H2,1H3,(H,27,29);1H. The van der Waals surface area contributed by atoms with Gasteiger partial charge >= 0.3 is 0 Å². The predicted molar refractivity (Wildman–Crippen MR) is 129 cm³/mol. The van der Waals surface area contributed by atoms with Crippen molar-refractivity contribution in [1.29, 1.82) is 0 Å². The first-order valence-electron chi connectivity index (χ1n) is 10.5. The Balaban J connectivity index is 0.00000228. The summed E-state index contributed by atoms with van der Waals surface area (Å²) in [6.07, 6.45) is 4.79. The zero-order chi connectivity index (χ0) is 21.5. The van der Waals surface area contributed by atoms with E-state index in [4.69, 9.17) is 4.74 Å². The first-order chi connectivity index (χ1) is 15.8. The summed E-state index contributed by atoms with van der Waals surface area (Å²) in [5.74, 6) is 0.591. The number of fused-ring (bicyclic) bond motifs is 2. The van der Waals surface area contributed by atoms with E-state index >= 15 is 0 Å². The topological polar surface area (TPSA) is 93.5 Å². The highest BCUT2D eigenvalue weighted by Gasteiger charge is 2.15. The molecule has 0 aliphatic carbocycles. The molecule has 2 N–H and O–H groups in total. The van der Waals surface area contributed by atoms with Gasteiger partial charge in [0, 0.05) is 29.8 Å². The number of ether oxygens (including phenoxy) is 1. The van der Waals surface area contributed by atoms with Crippen LogP contribution in [-0.4, -0.2) is 43.8 Å². The molecule has 0 saturated carbocycles. The molecule has 1 aliphatic rings. The molecule has 5 aromatic rings. The molecule has 0 atom stereocenters. The van der Waals surface area contributed by atoms with E-state index < -0.39 is 0 Å². The Labute approximate surface area is 196 Å². The molecule has 0 saturated heterocycles. The highest BCUT2D eigenvalue weighted by Crippen LogP contribution is 2.30. The monoisotopic (exact) mass is 459 g/mol. The SMILES string of the molecule is COc1ccc(-c2ccc3[nH]nc(-c4cn(-c5ccc6c(c5)CNCC6)nn4)c3c2)cn1.Cl. The molecule has 0 fully saturated rings. The molecule has 1 aliphatic heterocycles. The average molecular weight is 460 g/mol. The fourth-order valence-corrected chi connectivity index (χ4v) is 4.17. The zero-order valence-corrected chi connectivity index (χ0v) is 18.8. The summed E-state index contributed by atoms with van der Waals surface area (Å²) in [7, 11) is 1.61. The minimum atomic E-state index is 0. The molecule has 33 heavy (non-hydrogen) atoms. The van der Waals surface area contributed by atoms with E-state index in [0.29, 0.717) is 5.88 Å². The minimum absolute atomic E-state index is 0. The van der Waals surface area contributed by atoms with Gasteiger partial charge < -0.3 is 10.1 Å². The van der Waals surface area contributed by atoms with E-state index in [-0.39, 0.29) is 12.4 Å². The van der Waals surface area contributed by atoms with Crippen molar-refractivity contribution in [3.05, 3.63) is 72.1 Å². The van der Waals surface area contributed by atoms with E-state index in [1.54, 1.807) is 13.3 Å². The highest BCUT2D eigenvalue weighted by atomic mass is 35.5. The number of nitrogens with one attached hydrogen (secondary N) is 2. The van der Waals surface area contributed by atoms with Crippen molar-refractivity contribution in [3.8, 4) is 34.1 Å². The van der Waals surface area contributed by atoms with E-state index in [1.165, 1.54) is 11.1 Å². The van der Waals surface area contributed by atoms with Gasteiger partial charge in [0.05, 0.1) is 24.5 Å². The molecular formula is C24H22ClN7O. The smallest absolute Gasteiger partial charge is 0.212 e. The summed E-state index contributed by atoms with van der Waals surface area (Å²) >= 11 is 0. The van der Waals surface area contributed by atoms with Gasteiger partial charge in [-0.25, -0.2) is 9.67 Å². The van der Waals surface area contributed by atoms with Crippen LogP contribution in [0, 0.1) is 0 Å². The summed E-state index contributed by atoms with van der Waals surface area (Å²) in [6.45, 7) is 1.92. The van der Waals surface area contributed by atoms with E-state index in [2.05, 4.69) is 55.1 Å². The van der Waals surface area contributed by atoms with Crippen molar-refractivity contribution in [2.75, 3.05) is 13.7 Å². The van der Waals surface area contributed by atoms with Crippen molar-refractivity contribution in [3.63, 3.8) is 0 Å². The lowest BCUT2D eigenvalue weighted by Crippen LogP contribution is -2.23. The van der Waals surface area contributed by atoms with E-state index in [1.807, 2.05) is 35.1 Å². The Hall–Kier alpha value is -3.75. The van der Waals surface area contributed by atoms with Crippen LogP contribution in [0.4, 0.5) is 0 Å². The Kier molecular flexibility index (Phi) is 5.53. The third-order valence-electron chi connectivity index (χ3n) is 5.92. The second-order valence-electron chi connectivity index (χ2n) is 7.85. The second kappa shape index (κ2) is 8.65. The van der Waals surface area contributed by atoms with Crippen LogP contribution in [0.1, 0.15) is 11.1 Å². The maximum Gasteiger partial charge on any atom is 0.212 e. The molecule has 0 spiro atoms. The molecule has 4 heterocycles. The van der Waals surface area contributed by atoms with E-state index in [9.17, 15) is 0 Å². The minimum Gasteiger partial charge on any atom is -0.481 e. The number of aromatic amines is 1. The molecular weight excluding hydrogens is 438 g/mol. The molecule has 2 aromatic carbocycles. The molecule has 166 valence electrons. The van der Waals surface area contributed by atoms with Crippen molar-refractivity contribution >= 4 is 23.3 Å². The second-order valence-corrected chi connectivity index (χ2v) is 7.85. The number of nitrogens with zero attached hydrogens (tertiary/aromatic N) is 5. The maximum atomic E-state index is 5.16. The lowest BCUT2D eigenvalue weighted by molar-refractivity contribution is 0.398. The van der Waals surface area contributed by atoms with Crippen molar-refractivity contribution in [1.82, 2.24) is 35.5 Å². The van der Waals surface area contributed by atoms with Crippen LogP contribution in [0.25, 0.3) is 39.1 Å². The number of hydrogen-bond acceptors (Lipinski definition) is 6. The molecule has 8 nitrogen and oxygen atoms in total. The van der Waals surface area contributed by atoms with Crippen LogP contribution in [0.15, 0.2) is 60.9 Å². The van der Waals surface area contributed by atoms with Gasteiger partial charge in [-0.15, -0.1) is 17.5 Å². The Morgan fingerprint density at radius 1 is 1.00 bits per heavy atom. The van der Waals surface area contributed by atoms with Crippen molar-refractivity contribution < 1.29 is 4.74 Å². The van der Waals surface area contributed by atoms with Gasteiger partial charge in [-0.05, 0) is 60.0 Å². The molecule has 0 amide bonds. The zero-order valence-electron chi connectivity index (χ0n) is 17.9. The van der Waals surface area contributed by atoms with Gasteiger partial charge in [-0.3, -0.25) is 5.10 Å². The average Bonchev–Trinajstić information content (AvgIpc) is 3.50. The largest absolute Gasteiger partial charge is 0.481 e. The number of pyridine rings is 1. The summed E-state index contributed by atoms with van der Waals surface area (Å²) in [4.78, 5) is 4.31. The number of aromatic nitrogens is 6. The number of rotatable bonds is 4. The van der Waals surface area contributed by atoms with Gasteiger partial charge in [0.1, 0.15) is 11.4 Å². The summed E-state index contributed by atoms with van der Waals surface area (Å²) < 4.78 is 6.97. The Morgan fingerprint density at radius 3 is 2.76 bits per heavy atom. The number of H-pyrrole nitrogens is 1.